The SMILES string of the molecule is CC(=O)N(CC(=O)Nc1ccc(C#N)cc1)c1c(C(C)C)cccc1C(C)C. The number of nitrogens with one attached hydrogen (secondary N) is 1. The molecule has 0 heterocycles. The lowest BCUT2D eigenvalue weighted by Gasteiger charge is -2.29. The van der Waals surface area contributed by atoms with Crippen molar-refractivity contribution in [3.63, 3.8) is 0 Å². The Morgan fingerprint density at radius 2 is 1.54 bits per heavy atom. The minimum absolute atomic E-state index is 0.0706. The fourth-order valence-electron chi connectivity index (χ4n) is 3.14. The van der Waals surface area contributed by atoms with Crippen molar-refractivity contribution >= 4 is 23.2 Å². The maximum atomic E-state index is 12.6. The summed E-state index contributed by atoms with van der Waals surface area (Å²) in [5, 5.41) is 11.7. The first-order chi connectivity index (χ1) is 13.2. The van der Waals surface area contributed by atoms with Crippen LogP contribution >= 0.6 is 0 Å². The van der Waals surface area contributed by atoms with E-state index < -0.39 is 0 Å². The number of rotatable bonds is 6. The first kappa shape index (κ1) is 21.2. The van der Waals surface area contributed by atoms with Crippen LogP contribution in [-0.2, 0) is 9.59 Å². The van der Waals surface area contributed by atoms with Gasteiger partial charge in [-0.2, -0.15) is 5.26 Å². The number of nitriles is 1. The molecule has 0 bridgehead atoms. The van der Waals surface area contributed by atoms with E-state index >= 15 is 0 Å². The molecule has 0 unspecified atom stereocenters. The van der Waals surface area contributed by atoms with Crippen LogP contribution in [0, 0.1) is 11.3 Å². The van der Waals surface area contributed by atoms with E-state index in [0.29, 0.717) is 11.3 Å². The molecule has 146 valence electrons. The van der Waals surface area contributed by atoms with E-state index in [-0.39, 0.29) is 30.2 Å². The van der Waals surface area contributed by atoms with Crippen LogP contribution in [-0.4, -0.2) is 18.4 Å². The molecule has 0 radical (unpaired) electrons. The van der Waals surface area contributed by atoms with E-state index in [2.05, 4.69) is 33.0 Å². The van der Waals surface area contributed by atoms with Gasteiger partial charge in [-0.1, -0.05) is 45.9 Å². The molecule has 0 aliphatic carbocycles. The molecule has 5 heteroatoms. The molecule has 5 nitrogen and oxygen atoms in total. The first-order valence-corrected chi connectivity index (χ1v) is 9.45. The molecule has 28 heavy (non-hydrogen) atoms. The summed E-state index contributed by atoms with van der Waals surface area (Å²) in [6.45, 7) is 9.74. The Balaban J connectivity index is 2.34. The van der Waals surface area contributed by atoms with Gasteiger partial charge in [0.05, 0.1) is 17.3 Å². The van der Waals surface area contributed by atoms with Gasteiger partial charge in [-0.05, 0) is 47.2 Å². The Hall–Kier alpha value is -3.13. The van der Waals surface area contributed by atoms with E-state index in [1.165, 1.54) is 6.92 Å². The lowest BCUT2D eigenvalue weighted by Crippen LogP contribution is -2.38. The van der Waals surface area contributed by atoms with E-state index in [1.54, 1.807) is 29.2 Å². The molecule has 1 N–H and O–H groups in total. The van der Waals surface area contributed by atoms with Gasteiger partial charge < -0.3 is 10.2 Å². The quantitative estimate of drug-likeness (QED) is 0.786. The van der Waals surface area contributed by atoms with Crippen LogP contribution in [0.2, 0.25) is 0 Å². The highest BCUT2D eigenvalue weighted by atomic mass is 16.2. The fraction of sp³-hybridized carbons (Fsp3) is 0.348. The molecule has 0 fully saturated rings. The van der Waals surface area contributed by atoms with Crippen LogP contribution in [0.15, 0.2) is 42.5 Å². The van der Waals surface area contributed by atoms with Crippen LogP contribution in [0.5, 0.6) is 0 Å². The third-order valence-electron chi connectivity index (χ3n) is 4.59. The Bertz CT molecular complexity index is 867. The van der Waals surface area contributed by atoms with Gasteiger partial charge >= 0.3 is 0 Å². The predicted octanol–water partition coefficient (Wildman–Crippen LogP) is 4.80. The summed E-state index contributed by atoms with van der Waals surface area (Å²) in [5.74, 6) is -0.0209. The highest BCUT2D eigenvalue weighted by molar-refractivity contribution is 6.02. The van der Waals surface area contributed by atoms with Crippen molar-refractivity contribution in [1.29, 1.82) is 5.26 Å². The molecule has 2 amide bonds. The lowest BCUT2D eigenvalue weighted by molar-refractivity contribution is -0.120. The molecule has 2 aromatic carbocycles. The number of nitrogens with zero attached hydrogens (tertiary/aromatic N) is 2. The fourth-order valence-corrected chi connectivity index (χ4v) is 3.14. The maximum absolute atomic E-state index is 12.6. The second-order valence-electron chi connectivity index (χ2n) is 7.44. The summed E-state index contributed by atoms with van der Waals surface area (Å²) < 4.78 is 0. The Kier molecular flexibility index (Phi) is 6.94. The highest BCUT2D eigenvalue weighted by Crippen LogP contribution is 2.35. The van der Waals surface area contributed by atoms with Crippen molar-refractivity contribution in [3.05, 3.63) is 59.2 Å². The van der Waals surface area contributed by atoms with Crippen molar-refractivity contribution in [2.75, 3.05) is 16.8 Å². The smallest absolute Gasteiger partial charge is 0.244 e. The van der Waals surface area contributed by atoms with Crippen LogP contribution in [0.3, 0.4) is 0 Å². The summed E-state index contributed by atoms with van der Waals surface area (Å²) in [5.41, 5.74) is 4.04. The molecular weight excluding hydrogens is 350 g/mol. The zero-order valence-corrected chi connectivity index (χ0v) is 17.1. The van der Waals surface area contributed by atoms with Gasteiger partial charge in [0.25, 0.3) is 0 Å². The van der Waals surface area contributed by atoms with Crippen molar-refractivity contribution < 1.29 is 9.59 Å². The minimum Gasteiger partial charge on any atom is -0.325 e. The summed E-state index contributed by atoms with van der Waals surface area (Å²) in [4.78, 5) is 26.7. The number of anilines is 2. The highest BCUT2D eigenvalue weighted by Gasteiger charge is 2.24. The van der Waals surface area contributed by atoms with Crippen LogP contribution in [0.1, 0.15) is 63.1 Å². The van der Waals surface area contributed by atoms with Crippen LogP contribution < -0.4 is 10.2 Å². The van der Waals surface area contributed by atoms with Gasteiger partial charge in [0.1, 0.15) is 6.54 Å². The average molecular weight is 377 g/mol. The minimum atomic E-state index is -0.284. The van der Waals surface area contributed by atoms with E-state index in [1.807, 2.05) is 24.3 Å². The summed E-state index contributed by atoms with van der Waals surface area (Å²) in [6, 6.07) is 14.7. The van der Waals surface area contributed by atoms with Gasteiger partial charge in [-0.3, -0.25) is 9.59 Å². The lowest BCUT2D eigenvalue weighted by atomic mass is 9.91. The molecule has 0 spiro atoms. The molecule has 0 saturated carbocycles. The predicted molar refractivity (Wildman–Crippen MR) is 112 cm³/mol. The Morgan fingerprint density at radius 1 is 1.00 bits per heavy atom. The number of hydrogen-bond acceptors (Lipinski definition) is 3. The van der Waals surface area contributed by atoms with Gasteiger partial charge in [-0.25, -0.2) is 0 Å². The van der Waals surface area contributed by atoms with E-state index in [0.717, 1.165) is 16.8 Å². The number of carbonyl (C=O) groups excluding carboxylic acids is 2. The van der Waals surface area contributed by atoms with Crippen molar-refractivity contribution in [2.45, 2.75) is 46.5 Å². The molecule has 0 aliphatic rings. The number of carbonyl (C=O) groups is 2. The third-order valence-corrected chi connectivity index (χ3v) is 4.59. The number of para-hydroxylation sites is 1. The second-order valence-corrected chi connectivity index (χ2v) is 7.44. The van der Waals surface area contributed by atoms with E-state index in [9.17, 15) is 9.59 Å². The number of hydrogen-bond donors (Lipinski definition) is 1. The molecule has 0 saturated heterocycles. The molecule has 2 aromatic rings. The van der Waals surface area contributed by atoms with Crippen molar-refractivity contribution in [1.82, 2.24) is 0 Å². The maximum Gasteiger partial charge on any atom is 0.244 e. The molecule has 0 aliphatic heterocycles. The Labute approximate surface area is 167 Å². The normalized spacial score (nSPS) is 10.6. The number of benzene rings is 2. The van der Waals surface area contributed by atoms with Gasteiger partial charge in [-0.15, -0.1) is 0 Å². The third kappa shape index (κ3) is 4.98. The summed E-state index contributed by atoms with van der Waals surface area (Å²) in [6.07, 6.45) is 0. The number of amides is 2. The summed E-state index contributed by atoms with van der Waals surface area (Å²) in [7, 11) is 0. The van der Waals surface area contributed by atoms with Crippen molar-refractivity contribution in [3.8, 4) is 6.07 Å². The van der Waals surface area contributed by atoms with Gasteiger partial charge in [0.2, 0.25) is 11.8 Å². The topological polar surface area (TPSA) is 73.2 Å². The zero-order chi connectivity index (χ0) is 20.8. The molecule has 0 aromatic heterocycles. The van der Waals surface area contributed by atoms with Crippen LogP contribution in [0.4, 0.5) is 11.4 Å². The molecule has 0 atom stereocenters. The Morgan fingerprint density at radius 3 is 1.96 bits per heavy atom. The van der Waals surface area contributed by atoms with Crippen LogP contribution in [0.25, 0.3) is 0 Å². The van der Waals surface area contributed by atoms with Gasteiger partial charge in [0, 0.05) is 12.6 Å². The largest absolute Gasteiger partial charge is 0.325 e. The zero-order valence-electron chi connectivity index (χ0n) is 17.1. The monoisotopic (exact) mass is 377 g/mol. The van der Waals surface area contributed by atoms with Crippen molar-refractivity contribution in [2.24, 2.45) is 0 Å². The summed E-state index contributed by atoms with van der Waals surface area (Å²) >= 11 is 0. The van der Waals surface area contributed by atoms with E-state index in [4.69, 9.17) is 5.26 Å². The molecule has 2 rings (SSSR count). The average Bonchev–Trinajstić information content (AvgIpc) is 2.65. The molecular formula is C23H27N3O2. The van der Waals surface area contributed by atoms with Gasteiger partial charge in [0.15, 0.2) is 0 Å². The first-order valence-electron chi connectivity index (χ1n) is 9.45. The standard InChI is InChI=1S/C23H27N3O2/c1-15(2)20-7-6-8-21(16(3)4)23(20)26(17(5)27)14-22(28)25-19-11-9-18(13-24)10-12-19/h6-12,15-16H,14H2,1-5H3,(H,25,28). The second kappa shape index (κ2) is 9.18.